The van der Waals surface area contributed by atoms with Gasteiger partial charge in [-0.05, 0) is 35.7 Å². The van der Waals surface area contributed by atoms with Crippen LogP contribution in [0.2, 0.25) is 0 Å². The lowest BCUT2D eigenvalue weighted by molar-refractivity contribution is -0.129. The summed E-state index contributed by atoms with van der Waals surface area (Å²) in [5.74, 6) is 0.0109. The van der Waals surface area contributed by atoms with Crippen molar-refractivity contribution in [2.45, 2.75) is 43.9 Å². The highest BCUT2D eigenvalue weighted by atomic mass is 32.1. The number of carbonyl (C=O) groups is 3. The zero-order valence-electron chi connectivity index (χ0n) is 16.4. The Hall–Kier alpha value is -2.43. The van der Waals surface area contributed by atoms with Crippen LogP contribution >= 0.6 is 22.7 Å². The molecule has 8 nitrogen and oxygen atoms in total. The minimum absolute atomic E-state index is 0.00376. The summed E-state index contributed by atoms with van der Waals surface area (Å²) in [4.78, 5) is 40.0. The van der Waals surface area contributed by atoms with Gasteiger partial charge in [-0.3, -0.25) is 14.5 Å². The maximum absolute atomic E-state index is 12.3. The molecule has 4 rings (SSSR count). The molecule has 0 radical (unpaired) electrons. The van der Waals surface area contributed by atoms with E-state index in [-0.39, 0.29) is 36.0 Å². The highest BCUT2D eigenvalue weighted by Gasteiger charge is 2.43. The lowest BCUT2D eigenvalue weighted by atomic mass is 10.0. The third-order valence-electron chi connectivity index (χ3n) is 5.48. The number of carbonyl (C=O) groups excluding carboxylic acids is 3. The van der Waals surface area contributed by atoms with Crippen molar-refractivity contribution in [3.05, 3.63) is 39.2 Å². The second-order valence-electron chi connectivity index (χ2n) is 7.55. The summed E-state index contributed by atoms with van der Waals surface area (Å²) >= 11 is 3.14. The molecule has 0 aromatic carbocycles. The Kier molecular flexibility index (Phi) is 6.66. The molecule has 2 fully saturated rings. The summed E-state index contributed by atoms with van der Waals surface area (Å²) in [5.41, 5.74) is 0.761. The Morgan fingerprint density at radius 1 is 1.27 bits per heavy atom. The normalized spacial score (nSPS) is 23.5. The zero-order valence-corrected chi connectivity index (χ0v) is 18.1. The monoisotopic (exact) mass is 447 g/mol. The second-order valence-corrected chi connectivity index (χ2v) is 9.36. The molecule has 2 aliphatic rings. The molecule has 160 valence electrons. The fourth-order valence-electron chi connectivity index (χ4n) is 4.02. The van der Waals surface area contributed by atoms with Crippen molar-refractivity contribution in [1.29, 1.82) is 0 Å². The molecule has 2 aromatic heterocycles. The number of urea groups is 1. The average Bonchev–Trinajstić information content (AvgIpc) is 3.48. The summed E-state index contributed by atoms with van der Waals surface area (Å²) in [6.07, 6.45) is 1.65. The van der Waals surface area contributed by atoms with Crippen LogP contribution in [0.4, 0.5) is 10.5 Å². The Balaban J connectivity index is 1.26. The van der Waals surface area contributed by atoms with Crippen LogP contribution < -0.4 is 21.3 Å². The highest BCUT2D eigenvalue weighted by Crippen LogP contribution is 2.26. The van der Waals surface area contributed by atoms with Crippen molar-refractivity contribution >= 4 is 46.2 Å². The van der Waals surface area contributed by atoms with Crippen molar-refractivity contribution in [2.75, 3.05) is 18.4 Å². The number of nitrogens with zero attached hydrogens (tertiary/aromatic N) is 1. The lowest BCUT2D eigenvalue weighted by Gasteiger charge is -2.37. The fourth-order valence-corrected chi connectivity index (χ4v) is 5.25. The van der Waals surface area contributed by atoms with E-state index in [4.69, 9.17) is 0 Å². The number of piperazine rings is 1. The standard InChI is InChI=1S/C20H25N5O3S2/c26-18(21-10-16-2-1-6-30-16)4-3-15-9-22-19(27)17-8-14(11-25(15)17)24-20(28)23-13-5-7-29-12-13/h1-2,5-7,12,14-15,17H,3-4,8-11H2,(H,21,26)(H,22,27)(H2,23,24,28)/t14-,15+,17-/m0/s1. The Morgan fingerprint density at radius 3 is 2.93 bits per heavy atom. The summed E-state index contributed by atoms with van der Waals surface area (Å²) in [7, 11) is 0. The molecule has 4 heterocycles. The van der Waals surface area contributed by atoms with Crippen molar-refractivity contribution in [3.8, 4) is 0 Å². The van der Waals surface area contributed by atoms with E-state index in [0.717, 1.165) is 10.6 Å². The molecule has 0 unspecified atom stereocenters. The van der Waals surface area contributed by atoms with Gasteiger partial charge in [0.25, 0.3) is 0 Å². The van der Waals surface area contributed by atoms with Gasteiger partial charge < -0.3 is 21.3 Å². The number of hydrogen-bond acceptors (Lipinski definition) is 6. The van der Waals surface area contributed by atoms with Gasteiger partial charge in [-0.1, -0.05) is 6.07 Å². The summed E-state index contributed by atoms with van der Waals surface area (Å²) in [6.45, 7) is 1.69. The number of rotatable bonds is 7. The van der Waals surface area contributed by atoms with Crippen LogP contribution in [-0.4, -0.2) is 54.0 Å². The fraction of sp³-hybridized carbons (Fsp3) is 0.450. The van der Waals surface area contributed by atoms with E-state index in [1.165, 1.54) is 11.3 Å². The van der Waals surface area contributed by atoms with Gasteiger partial charge in [0.05, 0.1) is 18.3 Å². The number of nitrogens with one attached hydrogen (secondary N) is 4. The molecule has 0 bridgehead atoms. The van der Waals surface area contributed by atoms with Crippen LogP contribution in [-0.2, 0) is 16.1 Å². The van der Waals surface area contributed by atoms with Crippen LogP contribution in [0.5, 0.6) is 0 Å². The summed E-state index contributed by atoms with van der Waals surface area (Å²) in [6, 6.07) is 5.27. The minimum Gasteiger partial charge on any atom is -0.353 e. The van der Waals surface area contributed by atoms with Gasteiger partial charge in [-0.2, -0.15) is 11.3 Å². The smallest absolute Gasteiger partial charge is 0.319 e. The molecular weight excluding hydrogens is 422 g/mol. The molecule has 4 N–H and O–H groups in total. The van der Waals surface area contributed by atoms with Crippen molar-refractivity contribution in [3.63, 3.8) is 0 Å². The molecule has 10 heteroatoms. The maximum Gasteiger partial charge on any atom is 0.319 e. The quantitative estimate of drug-likeness (QED) is 0.521. The molecular formula is C20H25N5O3S2. The third-order valence-corrected chi connectivity index (χ3v) is 7.04. The molecule has 0 spiro atoms. The Labute approximate surface area is 183 Å². The van der Waals surface area contributed by atoms with E-state index < -0.39 is 0 Å². The Morgan fingerprint density at radius 2 is 2.17 bits per heavy atom. The van der Waals surface area contributed by atoms with E-state index in [1.807, 2.05) is 34.3 Å². The highest BCUT2D eigenvalue weighted by molar-refractivity contribution is 7.09. The zero-order chi connectivity index (χ0) is 20.9. The molecule has 4 amide bonds. The van der Waals surface area contributed by atoms with E-state index in [2.05, 4.69) is 26.2 Å². The van der Waals surface area contributed by atoms with Gasteiger partial charge in [0.1, 0.15) is 0 Å². The second kappa shape index (κ2) is 9.59. The van der Waals surface area contributed by atoms with Crippen molar-refractivity contribution in [1.82, 2.24) is 20.9 Å². The first-order valence-corrected chi connectivity index (χ1v) is 11.8. The Bertz CT molecular complexity index is 871. The number of anilines is 1. The predicted molar refractivity (Wildman–Crippen MR) is 118 cm³/mol. The number of hydrogen-bond donors (Lipinski definition) is 4. The summed E-state index contributed by atoms with van der Waals surface area (Å²) in [5, 5.41) is 17.4. The average molecular weight is 448 g/mol. The number of amides is 4. The molecule has 0 aliphatic carbocycles. The number of fused-ring (bicyclic) bond motifs is 1. The van der Waals surface area contributed by atoms with Gasteiger partial charge in [-0.15, -0.1) is 11.3 Å². The van der Waals surface area contributed by atoms with E-state index in [9.17, 15) is 14.4 Å². The van der Waals surface area contributed by atoms with Crippen molar-refractivity contribution in [2.24, 2.45) is 0 Å². The predicted octanol–water partition coefficient (Wildman–Crippen LogP) is 1.97. The molecule has 2 saturated heterocycles. The van der Waals surface area contributed by atoms with E-state index in [0.29, 0.717) is 38.9 Å². The number of thiophene rings is 2. The van der Waals surface area contributed by atoms with Gasteiger partial charge in [0, 0.05) is 41.9 Å². The van der Waals surface area contributed by atoms with E-state index >= 15 is 0 Å². The van der Waals surface area contributed by atoms with Gasteiger partial charge in [-0.25, -0.2) is 4.79 Å². The first kappa shape index (κ1) is 20.8. The van der Waals surface area contributed by atoms with Gasteiger partial charge in [0.15, 0.2) is 0 Å². The maximum atomic E-state index is 12.3. The van der Waals surface area contributed by atoms with Crippen LogP contribution in [0.1, 0.15) is 24.1 Å². The van der Waals surface area contributed by atoms with Crippen LogP contribution in [0, 0.1) is 0 Å². The molecule has 0 saturated carbocycles. The first-order valence-electron chi connectivity index (χ1n) is 10.0. The molecule has 2 aromatic rings. The third kappa shape index (κ3) is 5.18. The lowest BCUT2D eigenvalue weighted by Crippen LogP contribution is -2.58. The molecule has 30 heavy (non-hydrogen) atoms. The van der Waals surface area contributed by atoms with Crippen LogP contribution in [0.3, 0.4) is 0 Å². The molecule has 3 atom stereocenters. The van der Waals surface area contributed by atoms with Gasteiger partial charge in [0.2, 0.25) is 11.8 Å². The first-order chi connectivity index (χ1) is 14.6. The molecule has 2 aliphatic heterocycles. The SMILES string of the molecule is O=C(CC[C@@H]1CNC(=O)[C@@H]2C[C@H](NC(=O)Nc3ccsc3)CN12)NCc1cccs1. The summed E-state index contributed by atoms with van der Waals surface area (Å²) < 4.78 is 0. The topological polar surface area (TPSA) is 103 Å². The van der Waals surface area contributed by atoms with Crippen LogP contribution in [0.15, 0.2) is 34.3 Å². The van der Waals surface area contributed by atoms with E-state index in [1.54, 1.807) is 11.3 Å². The van der Waals surface area contributed by atoms with Crippen LogP contribution in [0.25, 0.3) is 0 Å². The van der Waals surface area contributed by atoms with Gasteiger partial charge >= 0.3 is 6.03 Å². The largest absolute Gasteiger partial charge is 0.353 e. The van der Waals surface area contributed by atoms with Crippen molar-refractivity contribution < 1.29 is 14.4 Å². The minimum atomic E-state index is -0.261.